The standard InChI is InChI=1S/C11H14FNO3/c1-7(13-5-4-11(15)16)9-6-8(12)2-3-10(9)14/h2-3,6-7,13-14H,4-5H2,1H3,(H,15,16). The molecular weight excluding hydrogens is 213 g/mol. The van der Waals surface area contributed by atoms with Crippen molar-refractivity contribution in [3.63, 3.8) is 0 Å². The number of nitrogens with one attached hydrogen (secondary N) is 1. The highest BCUT2D eigenvalue weighted by molar-refractivity contribution is 5.66. The summed E-state index contributed by atoms with van der Waals surface area (Å²) in [4.78, 5) is 10.3. The van der Waals surface area contributed by atoms with Crippen LogP contribution in [0.15, 0.2) is 18.2 Å². The van der Waals surface area contributed by atoms with E-state index in [1.165, 1.54) is 18.2 Å². The van der Waals surface area contributed by atoms with Gasteiger partial charge in [-0.05, 0) is 25.1 Å². The van der Waals surface area contributed by atoms with Crippen LogP contribution < -0.4 is 5.32 Å². The molecule has 3 N–H and O–H groups in total. The van der Waals surface area contributed by atoms with Crippen molar-refractivity contribution in [2.45, 2.75) is 19.4 Å². The van der Waals surface area contributed by atoms with Crippen molar-refractivity contribution in [3.05, 3.63) is 29.6 Å². The second-order valence-corrected chi connectivity index (χ2v) is 3.52. The fraction of sp³-hybridized carbons (Fsp3) is 0.364. The van der Waals surface area contributed by atoms with Crippen LogP contribution >= 0.6 is 0 Å². The topological polar surface area (TPSA) is 69.6 Å². The average Bonchev–Trinajstić information content (AvgIpc) is 2.21. The molecule has 0 aliphatic heterocycles. The largest absolute Gasteiger partial charge is 0.508 e. The van der Waals surface area contributed by atoms with Crippen molar-refractivity contribution in [3.8, 4) is 5.75 Å². The second kappa shape index (κ2) is 5.46. The number of carboxylic acids is 1. The number of hydrogen-bond donors (Lipinski definition) is 3. The highest BCUT2D eigenvalue weighted by Gasteiger charge is 2.11. The molecule has 0 heterocycles. The minimum Gasteiger partial charge on any atom is -0.508 e. The molecule has 0 bridgehead atoms. The molecule has 0 amide bonds. The summed E-state index contributed by atoms with van der Waals surface area (Å²) in [6.45, 7) is 2.00. The molecule has 1 aromatic rings. The average molecular weight is 227 g/mol. The molecule has 88 valence electrons. The Morgan fingerprint density at radius 3 is 2.88 bits per heavy atom. The van der Waals surface area contributed by atoms with Crippen LogP contribution in [0.1, 0.15) is 24.9 Å². The first kappa shape index (κ1) is 12.4. The summed E-state index contributed by atoms with van der Waals surface area (Å²) in [5.74, 6) is -1.33. The van der Waals surface area contributed by atoms with Crippen molar-refractivity contribution >= 4 is 5.97 Å². The number of carboxylic acid groups (broad SMARTS) is 1. The number of benzene rings is 1. The lowest BCUT2D eigenvalue weighted by atomic mass is 10.1. The summed E-state index contributed by atoms with van der Waals surface area (Å²) < 4.78 is 12.9. The molecule has 0 radical (unpaired) electrons. The Labute approximate surface area is 92.7 Å². The van der Waals surface area contributed by atoms with E-state index in [0.29, 0.717) is 5.56 Å². The minimum atomic E-state index is -0.900. The van der Waals surface area contributed by atoms with Gasteiger partial charge in [-0.3, -0.25) is 4.79 Å². The highest BCUT2D eigenvalue weighted by Crippen LogP contribution is 2.24. The zero-order valence-electron chi connectivity index (χ0n) is 8.90. The van der Waals surface area contributed by atoms with E-state index in [1.54, 1.807) is 6.92 Å². The summed E-state index contributed by atoms with van der Waals surface area (Å²) >= 11 is 0. The van der Waals surface area contributed by atoms with E-state index in [9.17, 15) is 14.3 Å². The Morgan fingerprint density at radius 1 is 1.56 bits per heavy atom. The van der Waals surface area contributed by atoms with Crippen molar-refractivity contribution in [2.24, 2.45) is 0 Å². The number of aromatic hydroxyl groups is 1. The van der Waals surface area contributed by atoms with Gasteiger partial charge in [-0.2, -0.15) is 0 Å². The highest BCUT2D eigenvalue weighted by atomic mass is 19.1. The zero-order valence-corrected chi connectivity index (χ0v) is 8.90. The number of phenolic OH excluding ortho intramolecular Hbond substituents is 1. The van der Waals surface area contributed by atoms with Crippen molar-refractivity contribution in [1.29, 1.82) is 0 Å². The third-order valence-corrected chi connectivity index (χ3v) is 2.25. The molecule has 0 spiro atoms. The maximum Gasteiger partial charge on any atom is 0.304 e. The van der Waals surface area contributed by atoms with E-state index in [4.69, 9.17) is 5.11 Å². The SMILES string of the molecule is CC(NCCC(=O)O)c1cc(F)ccc1O. The minimum absolute atomic E-state index is 0.00303. The summed E-state index contributed by atoms with van der Waals surface area (Å²) in [6.07, 6.45) is -0.0135. The third kappa shape index (κ3) is 3.51. The maximum atomic E-state index is 12.9. The van der Waals surface area contributed by atoms with E-state index >= 15 is 0 Å². The van der Waals surface area contributed by atoms with Gasteiger partial charge >= 0.3 is 5.97 Å². The number of phenols is 1. The van der Waals surface area contributed by atoms with Crippen LogP contribution in [0.25, 0.3) is 0 Å². The number of aliphatic carboxylic acids is 1. The molecule has 0 saturated carbocycles. The maximum absolute atomic E-state index is 12.9. The Hall–Kier alpha value is -1.62. The Balaban J connectivity index is 2.61. The van der Waals surface area contributed by atoms with Crippen LogP contribution in [0, 0.1) is 5.82 Å². The molecule has 16 heavy (non-hydrogen) atoms. The summed E-state index contributed by atoms with van der Waals surface area (Å²) in [5.41, 5.74) is 0.422. The van der Waals surface area contributed by atoms with Crippen LogP contribution in [0.2, 0.25) is 0 Å². The number of rotatable bonds is 5. The molecule has 0 aliphatic carbocycles. The smallest absolute Gasteiger partial charge is 0.304 e. The lowest BCUT2D eigenvalue weighted by Crippen LogP contribution is -2.22. The molecule has 0 saturated heterocycles. The van der Waals surface area contributed by atoms with Gasteiger partial charge < -0.3 is 15.5 Å². The zero-order chi connectivity index (χ0) is 12.1. The first-order chi connectivity index (χ1) is 7.50. The molecule has 1 rings (SSSR count). The van der Waals surface area contributed by atoms with E-state index < -0.39 is 11.8 Å². The number of hydrogen-bond acceptors (Lipinski definition) is 3. The molecule has 0 aliphatic rings. The van der Waals surface area contributed by atoms with Gasteiger partial charge in [-0.15, -0.1) is 0 Å². The molecular formula is C11H14FNO3. The van der Waals surface area contributed by atoms with Gasteiger partial charge in [0.25, 0.3) is 0 Å². The summed E-state index contributed by atoms with van der Waals surface area (Å²) in [6, 6.07) is 3.38. The van der Waals surface area contributed by atoms with Crippen molar-refractivity contribution in [2.75, 3.05) is 6.54 Å². The second-order valence-electron chi connectivity index (χ2n) is 3.52. The quantitative estimate of drug-likeness (QED) is 0.715. The molecule has 4 nitrogen and oxygen atoms in total. The summed E-state index contributed by atoms with van der Waals surface area (Å²) in [5, 5.41) is 20.8. The molecule has 1 unspecified atom stereocenters. The van der Waals surface area contributed by atoms with Gasteiger partial charge in [-0.1, -0.05) is 0 Å². The molecule has 5 heteroatoms. The molecule has 1 aromatic carbocycles. The lowest BCUT2D eigenvalue weighted by molar-refractivity contribution is -0.136. The van der Waals surface area contributed by atoms with E-state index in [0.717, 1.165) is 0 Å². The normalized spacial score (nSPS) is 12.4. The van der Waals surface area contributed by atoms with Crippen molar-refractivity contribution < 1.29 is 19.4 Å². The van der Waals surface area contributed by atoms with Crippen LogP contribution in [-0.4, -0.2) is 22.7 Å². The predicted octanol–water partition coefficient (Wildman–Crippen LogP) is 1.66. The Bertz CT molecular complexity index is 381. The fourth-order valence-electron chi connectivity index (χ4n) is 1.38. The van der Waals surface area contributed by atoms with Gasteiger partial charge in [0.2, 0.25) is 0 Å². The monoisotopic (exact) mass is 227 g/mol. The van der Waals surface area contributed by atoms with Crippen LogP contribution in [0.4, 0.5) is 4.39 Å². The summed E-state index contributed by atoms with van der Waals surface area (Å²) in [7, 11) is 0. The Kier molecular flexibility index (Phi) is 4.25. The van der Waals surface area contributed by atoms with Gasteiger partial charge in [0, 0.05) is 18.2 Å². The van der Waals surface area contributed by atoms with Crippen LogP contribution in [0.3, 0.4) is 0 Å². The van der Waals surface area contributed by atoms with E-state index in [1.807, 2.05) is 0 Å². The van der Waals surface area contributed by atoms with Gasteiger partial charge in [0.15, 0.2) is 0 Å². The van der Waals surface area contributed by atoms with E-state index in [2.05, 4.69) is 5.32 Å². The van der Waals surface area contributed by atoms with Crippen molar-refractivity contribution in [1.82, 2.24) is 5.32 Å². The first-order valence-electron chi connectivity index (χ1n) is 4.94. The predicted molar refractivity (Wildman–Crippen MR) is 56.7 cm³/mol. The third-order valence-electron chi connectivity index (χ3n) is 2.25. The number of carbonyl (C=O) groups is 1. The van der Waals surface area contributed by atoms with Gasteiger partial charge in [0.1, 0.15) is 11.6 Å². The van der Waals surface area contributed by atoms with Gasteiger partial charge in [-0.25, -0.2) is 4.39 Å². The van der Waals surface area contributed by atoms with E-state index in [-0.39, 0.29) is 24.8 Å². The lowest BCUT2D eigenvalue weighted by Gasteiger charge is -2.14. The molecule has 1 atom stereocenters. The number of halogens is 1. The van der Waals surface area contributed by atoms with Crippen LogP contribution in [0.5, 0.6) is 5.75 Å². The van der Waals surface area contributed by atoms with Gasteiger partial charge in [0.05, 0.1) is 6.42 Å². The first-order valence-corrected chi connectivity index (χ1v) is 4.94. The molecule has 0 fully saturated rings. The Morgan fingerprint density at radius 2 is 2.25 bits per heavy atom. The fourth-order valence-corrected chi connectivity index (χ4v) is 1.38. The molecule has 0 aromatic heterocycles. The van der Waals surface area contributed by atoms with Crippen LogP contribution in [-0.2, 0) is 4.79 Å².